The van der Waals surface area contributed by atoms with Crippen molar-refractivity contribution in [2.75, 3.05) is 23.3 Å². The maximum Gasteiger partial charge on any atom is 0.248 e. The van der Waals surface area contributed by atoms with E-state index in [-0.39, 0.29) is 5.91 Å². The molecular formula is C19H24N4O3. The maximum absolute atomic E-state index is 12.5. The monoisotopic (exact) mass is 356 g/mol. The Kier molecular flexibility index (Phi) is 5.25. The SMILES string of the molecule is Cc1noc(C)c1CCC(=O)Nc1cc(C(N)=O)ccc1N1CCCC1. The maximum atomic E-state index is 12.5. The molecule has 7 nitrogen and oxygen atoms in total. The number of aromatic nitrogens is 1. The minimum absolute atomic E-state index is 0.118. The van der Waals surface area contributed by atoms with Gasteiger partial charge in [0.15, 0.2) is 0 Å². The zero-order valence-corrected chi connectivity index (χ0v) is 15.2. The van der Waals surface area contributed by atoms with Gasteiger partial charge >= 0.3 is 0 Å². The van der Waals surface area contributed by atoms with E-state index < -0.39 is 5.91 Å². The number of hydrogen-bond donors (Lipinski definition) is 2. The zero-order valence-electron chi connectivity index (χ0n) is 15.2. The Balaban J connectivity index is 1.75. The highest BCUT2D eigenvalue weighted by molar-refractivity contribution is 5.99. The van der Waals surface area contributed by atoms with Gasteiger partial charge in [-0.2, -0.15) is 0 Å². The molecule has 7 heteroatoms. The molecule has 0 unspecified atom stereocenters. The van der Waals surface area contributed by atoms with Crippen LogP contribution in [-0.4, -0.2) is 30.1 Å². The molecule has 1 saturated heterocycles. The van der Waals surface area contributed by atoms with Gasteiger partial charge < -0.3 is 20.5 Å². The summed E-state index contributed by atoms with van der Waals surface area (Å²) in [6.45, 7) is 5.59. The fourth-order valence-electron chi connectivity index (χ4n) is 3.33. The first-order valence-corrected chi connectivity index (χ1v) is 8.86. The number of amides is 2. The molecule has 0 spiro atoms. The zero-order chi connectivity index (χ0) is 18.7. The third kappa shape index (κ3) is 3.87. The fraction of sp³-hybridized carbons (Fsp3) is 0.421. The van der Waals surface area contributed by atoms with E-state index in [4.69, 9.17) is 10.3 Å². The summed E-state index contributed by atoms with van der Waals surface area (Å²) < 4.78 is 5.13. The van der Waals surface area contributed by atoms with Crippen molar-refractivity contribution in [2.45, 2.75) is 39.5 Å². The Hall–Kier alpha value is -2.83. The van der Waals surface area contributed by atoms with E-state index in [9.17, 15) is 9.59 Å². The number of rotatable bonds is 6. The number of primary amides is 1. The summed E-state index contributed by atoms with van der Waals surface area (Å²) in [5, 5.41) is 6.86. The van der Waals surface area contributed by atoms with E-state index in [2.05, 4.69) is 15.4 Å². The molecule has 0 radical (unpaired) electrons. The van der Waals surface area contributed by atoms with Crippen LogP contribution in [0.2, 0.25) is 0 Å². The highest BCUT2D eigenvalue weighted by Gasteiger charge is 2.19. The van der Waals surface area contributed by atoms with Crippen LogP contribution in [0.5, 0.6) is 0 Å². The minimum Gasteiger partial charge on any atom is -0.370 e. The van der Waals surface area contributed by atoms with Gasteiger partial charge in [0.1, 0.15) is 5.76 Å². The third-order valence-electron chi connectivity index (χ3n) is 4.79. The van der Waals surface area contributed by atoms with E-state index in [1.165, 1.54) is 0 Å². The quantitative estimate of drug-likeness (QED) is 0.828. The highest BCUT2D eigenvalue weighted by atomic mass is 16.5. The van der Waals surface area contributed by atoms with Gasteiger partial charge in [-0.1, -0.05) is 5.16 Å². The van der Waals surface area contributed by atoms with Gasteiger partial charge in [0.2, 0.25) is 11.8 Å². The molecule has 2 aromatic rings. The summed E-state index contributed by atoms with van der Waals surface area (Å²) in [6, 6.07) is 5.22. The van der Waals surface area contributed by atoms with Crippen molar-refractivity contribution in [3.8, 4) is 0 Å². The number of anilines is 2. The van der Waals surface area contributed by atoms with Crippen LogP contribution < -0.4 is 16.0 Å². The molecule has 0 bridgehead atoms. The molecular weight excluding hydrogens is 332 g/mol. The second-order valence-corrected chi connectivity index (χ2v) is 6.64. The largest absolute Gasteiger partial charge is 0.370 e. The van der Waals surface area contributed by atoms with Crippen molar-refractivity contribution in [3.05, 3.63) is 40.8 Å². The lowest BCUT2D eigenvalue weighted by Gasteiger charge is -2.22. The van der Waals surface area contributed by atoms with Crippen LogP contribution in [0.15, 0.2) is 22.7 Å². The number of benzene rings is 1. The summed E-state index contributed by atoms with van der Waals surface area (Å²) in [7, 11) is 0. The van der Waals surface area contributed by atoms with E-state index in [0.717, 1.165) is 48.6 Å². The lowest BCUT2D eigenvalue weighted by atomic mass is 10.1. The van der Waals surface area contributed by atoms with Crippen LogP contribution in [0.25, 0.3) is 0 Å². The smallest absolute Gasteiger partial charge is 0.248 e. The van der Waals surface area contributed by atoms with Crippen LogP contribution in [0, 0.1) is 13.8 Å². The van der Waals surface area contributed by atoms with Crippen molar-refractivity contribution in [1.82, 2.24) is 5.16 Å². The normalized spacial score (nSPS) is 13.8. The summed E-state index contributed by atoms with van der Waals surface area (Å²) in [6.07, 6.45) is 3.11. The molecule has 0 atom stereocenters. The molecule has 2 amide bonds. The second kappa shape index (κ2) is 7.59. The average molecular weight is 356 g/mol. The molecule has 2 heterocycles. The summed E-state index contributed by atoms with van der Waals surface area (Å²) in [5.74, 6) is 0.111. The number of aryl methyl sites for hydroxylation is 2. The molecule has 1 aliphatic rings. The lowest BCUT2D eigenvalue weighted by Crippen LogP contribution is -2.22. The Labute approximate surface area is 152 Å². The van der Waals surface area contributed by atoms with Crippen LogP contribution in [0.4, 0.5) is 11.4 Å². The summed E-state index contributed by atoms with van der Waals surface area (Å²) >= 11 is 0. The third-order valence-corrected chi connectivity index (χ3v) is 4.79. The second-order valence-electron chi connectivity index (χ2n) is 6.64. The first kappa shape index (κ1) is 18.0. The van der Waals surface area contributed by atoms with Crippen LogP contribution in [0.3, 0.4) is 0 Å². The first-order chi connectivity index (χ1) is 12.5. The van der Waals surface area contributed by atoms with Gasteiger partial charge in [-0.05, 0) is 51.3 Å². The lowest BCUT2D eigenvalue weighted by molar-refractivity contribution is -0.116. The Bertz CT molecular complexity index is 803. The molecule has 1 aromatic heterocycles. The molecule has 3 rings (SSSR count). The number of nitrogens with zero attached hydrogens (tertiary/aromatic N) is 2. The summed E-state index contributed by atoms with van der Waals surface area (Å²) in [5.41, 5.74) is 9.11. The standard InChI is InChI=1S/C19H24N4O3/c1-12-15(13(2)26-22-12)6-8-18(24)21-16-11-14(19(20)25)5-7-17(16)23-9-3-4-10-23/h5,7,11H,3-4,6,8-10H2,1-2H3,(H2,20,25)(H,21,24). The van der Waals surface area contributed by atoms with Crippen molar-refractivity contribution < 1.29 is 14.1 Å². The van der Waals surface area contributed by atoms with Gasteiger partial charge in [-0.15, -0.1) is 0 Å². The van der Waals surface area contributed by atoms with Crippen molar-refractivity contribution in [2.24, 2.45) is 5.73 Å². The van der Waals surface area contributed by atoms with E-state index in [1.807, 2.05) is 19.9 Å². The van der Waals surface area contributed by atoms with Crippen LogP contribution in [-0.2, 0) is 11.2 Å². The van der Waals surface area contributed by atoms with Crippen molar-refractivity contribution in [3.63, 3.8) is 0 Å². The molecule has 1 aliphatic heterocycles. The number of nitrogens with two attached hydrogens (primary N) is 1. The fourth-order valence-corrected chi connectivity index (χ4v) is 3.33. The number of nitrogens with one attached hydrogen (secondary N) is 1. The van der Waals surface area contributed by atoms with Gasteiger partial charge in [-0.25, -0.2) is 0 Å². The summed E-state index contributed by atoms with van der Waals surface area (Å²) in [4.78, 5) is 26.2. The molecule has 1 aromatic carbocycles. The highest BCUT2D eigenvalue weighted by Crippen LogP contribution is 2.30. The molecule has 138 valence electrons. The van der Waals surface area contributed by atoms with E-state index >= 15 is 0 Å². The predicted molar refractivity (Wildman–Crippen MR) is 99.3 cm³/mol. The Morgan fingerprint density at radius 2 is 2.00 bits per heavy atom. The van der Waals surface area contributed by atoms with E-state index in [0.29, 0.717) is 24.1 Å². The molecule has 0 saturated carbocycles. The molecule has 1 fully saturated rings. The van der Waals surface area contributed by atoms with Crippen molar-refractivity contribution in [1.29, 1.82) is 0 Å². The molecule has 0 aliphatic carbocycles. The minimum atomic E-state index is -0.510. The predicted octanol–water partition coefficient (Wildman–Crippen LogP) is 2.56. The van der Waals surface area contributed by atoms with Crippen LogP contribution in [0.1, 0.15) is 46.6 Å². The van der Waals surface area contributed by atoms with Gasteiger partial charge in [0.05, 0.1) is 17.1 Å². The first-order valence-electron chi connectivity index (χ1n) is 8.86. The average Bonchev–Trinajstić information content (AvgIpc) is 3.24. The van der Waals surface area contributed by atoms with Gasteiger partial charge in [0, 0.05) is 30.6 Å². The number of carbonyl (C=O) groups excluding carboxylic acids is 2. The van der Waals surface area contributed by atoms with Crippen LogP contribution >= 0.6 is 0 Å². The van der Waals surface area contributed by atoms with Gasteiger partial charge in [0.25, 0.3) is 0 Å². The van der Waals surface area contributed by atoms with E-state index in [1.54, 1.807) is 12.1 Å². The number of carbonyl (C=O) groups is 2. The molecule has 26 heavy (non-hydrogen) atoms. The topological polar surface area (TPSA) is 101 Å². The molecule has 3 N–H and O–H groups in total. The Morgan fingerprint density at radius 3 is 2.62 bits per heavy atom. The number of hydrogen-bond acceptors (Lipinski definition) is 5. The van der Waals surface area contributed by atoms with Gasteiger partial charge in [-0.3, -0.25) is 9.59 Å². The van der Waals surface area contributed by atoms with Crippen molar-refractivity contribution >= 4 is 23.2 Å². The Morgan fingerprint density at radius 1 is 1.27 bits per heavy atom.